The predicted octanol–water partition coefficient (Wildman–Crippen LogP) is 1.02. The zero-order valence-electron chi connectivity index (χ0n) is 16.3. The van der Waals surface area contributed by atoms with E-state index >= 15 is 0 Å². The molecular weight excluding hydrogens is 352 g/mol. The summed E-state index contributed by atoms with van der Waals surface area (Å²) in [5, 5.41) is 2.70. The molecule has 6 heteroatoms. The number of rotatable bonds is 6. The fraction of sp³-hybridized carbons (Fsp3) is 0.364. The van der Waals surface area contributed by atoms with Crippen molar-refractivity contribution in [3.8, 4) is 0 Å². The number of hydrogen-bond acceptors (Lipinski definition) is 4. The van der Waals surface area contributed by atoms with Crippen LogP contribution >= 0.6 is 0 Å². The molecule has 0 bridgehead atoms. The van der Waals surface area contributed by atoms with Crippen molar-refractivity contribution in [2.45, 2.75) is 25.0 Å². The van der Waals surface area contributed by atoms with Crippen LogP contribution in [0.2, 0.25) is 0 Å². The minimum atomic E-state index is -0.644. The number of nitrogens with one attached hydrogen (secondary N) is 1. The highest BCUT2D eigenvalue weighted by Gasteiger charge is 2.35. The van der Waals surface area contributed by atoms with Crippen LogP contribution in [0.4, 0.5) is 0 Å². The maximum absolute atomic E-state index is 13.0. The van der Waals surface area contributed by atoms with Crippen LogP contribution < -0.4 is 11.1 Å². The van der Waals surface area contributed by atoms with Crippen LogP contribution in [0.1, 0.15) is 11.1 Å². The molecule has 0 spiro atoms. The van der Waals surface area contributed by atoms with E-state index in [0.717, 1.165) is 12.1 Å². The number of carbonyl (C=O) groups excluding carboxylic acids is 2. The van der Waals surface area contributed by atoms with Crippen LogP contribution in [0.3, 0.4) is 0 Å². The summed E-state index contributed by atoms with van der Waals surface area (Å²) in [7, 11) is 1.60. The number of hydrogen-bond donors (Lipinski definition) is 2. The Kier molecular flexibility index (Phi) is 6.79. The zero-order valence-corrected chi connectivity index (χ0v) is 16.3. The largest absolute Gasteiger partial charge is 0.357 e. The number of nitrogens with two attached hydrogens (primary N) is 1. The molecule has 2 aromatic carbocycles. The molecule has 6 nitrogen and oxygen atoms in total. The summed E-state index contributed by atoms with van der Waals surface area (Å²) in [6.07, 6.45) is 0.470. The lowest BCUT2D eigenvalue weighted by Crippen LogP contribution is -2.54. The highest BCUT2D eigenvalue weighted by molar-refractivity contribution is 5.90. The summed E-state index contributed by atoms with van der Waals surface area (Å²) in [6.45, 7) is 2.37. The topological polar surface area (TPSA) is 78.7 Å². The average molecular weight is 380 g/mol. The summed E-state index contributed by atoms with van der Waals surface area (Å²) in [6, 6.07) is 18.7. The van der Waals surface area contributed by atoms with Crippen LogP contribution in [-0.4, -0.2) is 60.4 Å². The van der Waals surface area contributed by atoms with E-state index in [1.807, 2.05) is 48.5 Å². The van der Waals surface area contributed by atoms with Crippen molar-refractivity contribution in [3.63, 3.8) is 0 Å². The van der Waals surface area contributed by atoms with E-state index in [0.29, 0.717) is 26.1 Å². The van der Waals surface area contributed by atoms with Gasteiger partial charge in [-0.3, -0.25) is 14.5 Å². The fourth-order valence-electron chi connectivity index (χ4n) is 3.66. The molecule has 2 atom stereocenters. The Hall–Kier alpha value is -2.70. The number of nitrogens with zero attached hydrogens (tertiary/aromatic N) is 2. The summed E-state index contributed by atoms with van der Waals surface area (Å²) in [5.41, 5.74) is 8.42. The van der Waals surface area contributed by atoms with E-state index in [1.165, 1.54) is 5.56 Å². The molecule has 1 fully saturated rings. The van der Waals surface area contributed by atoms with Crippen LogP contribution in [0.15, 0.2) is 60.7 Å². The van der Waals surface area contributed by atoms with Gasteiger partial charge in [0.25, 0.3) is 0 Å². The molecule has 2 amide bonds. The molecule has 2 aromatic rings. The molecule has 0 radical (unpaired) electrons. The Morgan fingerprint density at radius 1 is 1.07 bits per heavy atom. The van der Waals surface area contributed by atoms with Gasteiger partial charge < -0.3 is 16.0 Å². The maximum atomic E-state index is 13.0. The third-order valence-corrected chi connectivity index (χ3v) is 5.16. The smallest absolute Gasteiger partial charge is 0.242 e. The number of benzene rings is 2. The highest BCUT2D eigenvalue weighted by Crippen LogP contribution is 2.15. The van der Waals surface area contributed by atoms with Gasteiger partial charge in [0, 0.05) is 39.6 Å². The lowest BCUT2D eigenvalue weighted by molar-refractivity contribution is -0.140. The Morgan fingerprint density at radius 3 is 2.29 bits per heavy atom. The summed E-state index contributed by atoms with van der Waals surface area (Å²) < 4.78 is 0. The van der Waals surface area contributed by atoms with Gasteiger partial charge in [-0.25, -0.2) is 0 Å². The summed E-state index contributed by atoms with van der Waals surface area (Å²) in [5.74, 6) is -0.332. The average Bonchev–Trinajstić information content (AvgIpc) is 2.86. The Labute approximate surface area is 166 Å². The molecule has 0 saturated carbocycles. The van der Waals surface area contributed by atoms with Crippen molar-refractivity contribution in [2.24, 2.45) is 5.73 Å². The van der Waals surface area contributed by atoms with Gasteiger partial charge in [-0.2, -0.15) is 0 Å². The molecule has 148 valence electrons. The number of carbonyl (C=O) groups is 2. The summed E-state index contributed by atoms with van der Waals surface area (Å²) in [4.78, 5) is 29.4. The first-order chi connectivity index (χ1) is 13.6. The monoisotopic (exact) mass is 380 g/mol. The van der Waals surface area contributed by atoms with Crippen molar-refractivity contribution in [2.75, 3.05) is 26.7 Å². The molecule has 1 aliphatic heterocycles. The minimum absolute atomic E-state index is 0.166. The normalized spacial score (nSPS) is 19.1. The first kappa shape index (κ1) is 20.0. The molecule has 2 unspecified atom stereocenters. The molecule has 3 rings (SSSR count). The molecule has 1 aliphatic rings. The van der Waals surface area contributed by atoms with E-state index in [4.69, 9.17) is 5.73 Å². The van der Waals surface area contributed by atoms with Gasteiger partial charge >= 0.3 is 0 Å². The van der Waals surface area contributed by atoms with Crippen molar-refractivity contribution < 1.29 is 9.59 Å². The second kappa shape index (κ2) is 9.48. The summed E-state index contributed by atoms with van der Waals surface area (Å²) >= 11 is 0. The second-order valence-electron chi connectivity index (χ2n) is 7.18. The van der Waals surface area contributed by atoms with Gasteiger partial charge in [0.2, 0.25) is 11.8 Å². The fourth-order valence-corrected chi connectivity index (χ4v) is 3.66. The molecule has 28 heavy (non-hydrogen) atoms. The Balaban J connectivity index is 1.76. The van der Waals surface area contributed by atoms with Gasteiger partial charge in [-0.05, 0) is 11.1 Å². The first-order valence-electron chi connectivity index (χ1n) is 9.66. The van der Waals surface area contributed by atoms with Crippen molar-refractivity contribution in [1.29, 1.82) is 0 Å². The van der Waals surface area contributed by atoms with E-state index in [2.05, 4.69) is 22.3 Å². The maximum Gasteiger partial charge on any atom is 0.242 e. The highest BCUT2D eigenvalue weighted by atomic mass is 16.2. The molecular formula is C22H28N4O2. The van der Waals surface area contributed by atoms with Crippen LogP contribution in [0, 0.1) is 0 Å². The molecule has 0 aromatic heterocycles. The van der Waals surface area contributed by atoms with E-state index in [9.17, 15) is 9.59 Å². The van der Waals surface area contributed by atoms with Crippen molar-refractivity contribution in [1.82, 2.24) is 15.1 Å². The van der Waals surface area contributed by atoms with Crippen LogP contribution in [0.5, 0.6) is 0 Å². The molecule has 1 saturated heterocycles. The Morgan fingerprint density at radius 2 is 1.68 bits per heavy atom. The van der Waals surface area contributed by atoms with Crippen molar-refractivity contribution in [3.05, 3.63) is 71.8 Å². The first-order valence-corrected chi connectivity index (χ1v) is 9.66. The lowest BCUT2D eigenvalue weighted by Gasteiger charge is -2.30. The van der Waals surface area contributed by atoms with Crippen LogP contribution in [-0.2, 0) is 22.6 Å². The number of likely N-dealkylation sites (N-methyl/N-ethyl adjacent to an activating group) is 1. The predicted molar refractivity (Wildman–Crippen MR) is 109 cm³/mol. The standard InChI is InChI=1S/C22H28N4O2/c1-24-21(27)20(14-17-8-4-2-5-9-17)26-13-12-25(16-19(23)22(26)28)15-18-10-6-3-7-11-18/h2-11,19-20H,12-16,23H2,1H3,(H,24,27). The lowest BCUT2D eigenvalue weighted by atomic mass is 10.0. The molecule has 1 heterocycles. The van der Waals surface area contributed by atoms with Gasteiger partial charge in [-0.15, -0.1) is 0 Å². The van der Waals surface area contributed by atoms with E-state index < -0.39 is 12.1 Å². The van der Waals surface area contributed by atoms with Crippen molar-refractivity contribution >= 4 is 11.8 Å². The number of amides is 2. The Bertz CT molecular complexity index is 782. The third-order valence-electron chi connectivity index (χ3n) is 5.16. The van der Waals surface area contributed by atoms with Crippen LogP contribution in [0.25, 0.3) is 0 Å². The quantitative estimate of drug-likeness (QED) is 0.784. The van der Waals surface area contributed by atoms with Gasteiger partial charge in [0.1, 0.15) is 6.04 Å². The van der Waals surface area contributed by atoms with E-state index in [1.54, 1.807) is 11.9 Å². The SMILES string of the molecule is CNC(=O)C(Cc1ccccc1)N1CCN(Cc2ccccc2)CC(N)C1=O. The van der Waals surface area contributed by atoms with Gasteiger partial charge in [-0.1, -0.05) is 60.7 Å². The van der Waals surface area contributed by atoms with Gasteiger partial charge in [0.05, 0.1) is 6.04 Å². The molecule has 0 aliphatic carbocycles. The minimum Gasteiger partial charge on any atom is -0.357 e. The zero-order chi connectivity index (χ0) is 19.9. The van der Waals surface area contributed by atoms with Gasteiger partial charge in [0.15, 0.2) is 0 Å². The molecule has 3 N–H and O–H groups in total. The third kappa shape index (κ3) is 4.97. The second-order valence-corrected chi connectivity index (χ2v) is 7.18. The van der Waals surface area contributed by atoms with E-state index in [-0.39, 0.29) is 11.8 Å².